The minimum Gasteiger partial charge on any atom is -0.457 e. The SMILES string of the molecule is CC1(c2ccc(Oc3ccnc(Cl)c3)cc2)NNC(=Nc2cccc(C(F)(F)F)c2)O1. The van der Waals surface area contributed by atoms with E-state index >= 15 is 0 Å². The lowest BCUT2D eigenvalue weighted by Gasteiger charge is -2.22. The number of amidine groups is 1. The normalized spacial score (nSPS) is 19.7. The quantitative estimate of drug-likeness (QED) is 0.514. The summed E-state index contributed by atoms with van der Waals surface area (Å²) in [7, 11) is 0. The van der Waals surface area contributed by atoms with Gasteiger partial charge in [0.1, 0.15) is 16.7 Å². The molecule has 0 radical (unpaired) electrons. The molecule has 3 aromatic rings. The Labute approximate surface area is 180 Å². The summed E-state index contributed by atoms with van der Waals surface area (Å²) in [6.07, 6.45) is -2.90. The fourth-order valence-electron chi connectivity index (χ4n) is 2.89. The minimum absolute atomic E-state index is 0.0496. The predicted octanol–water partition coefficient (Wildman–Crippen LogP) is 5.53. The zero-order valence-corrected chi connectivity index (χ0v) is 16.8. The van der Waals surface area contributed by atoms with E-state index in [0.29, 0.717) is 16.7 Å². The van der Waals surface area contributed by atoms with E-state index in [-0.39, 0.29) is 11.7 Å². The van der Waals surface area contributed by atoms with E-state index in [2.05, 4.69) is 20.8 Å². The van der Waals surface area contributed by atoms with Gasteiger partial charge >= 0.3 is 12.2 Å². The van der Waals surface area contributed by atoms with E-state index in [4.69, 9.17) is 21.1 Å². The first-order valence-corrected chi connectivity index (χ1v) is 9.47. The summed E-state index contributed by atoms with van der Waals surface area (Å²) in [4.78, 5) is 8.01. The molecule has 1 fully saturated rings. The third kappa shape index (κ3) is 4.89. The summed E-state index contributed by atoms with van der Waals surface area (Å²) in [5, 5.41) is 0.323. The van der Waals surface area contributed by atoms with Crippen molar-refractivity contribution >= 4 is 23.3 Å². The molecule has 0 saturated carbocycles. The number of aliphatic imine (C=N–C) groups is 1. The molecule has 1 unspecified atom stereocenters. The van der Waals surface area contributed by atoms with E-state index in [1.807, 2.05) is 0 Å². The van der Waals surface area contributed by atoms with Crippen molar-refractivity contribution in [3.05, 3.63) is 83.1 Å². The van der Waals surface area contributed by atoms with Crippen LogP contribution in [0.2, 0.25) is 5.15 Å². The Morgan fingerprint density at radius 2 is 1.84 bits per heavy atom. The van der Waals surface area contributed by atoms with Crippen LogP contribution < -0.4 is 15.6 Å². The molecule has 4 rings (SSSR count). The Morgan fingerprint density at radius 3 is 2.55 bits per heavy atom. The van der Waals surface area contributed by atoms with Gasteiger partial charge < -0.3 is 9.47 Å². The Balaban J connectivity index is 1.48. The summed E-state index contributed by atoms with van der Waals surface area (Å²) in [5.41, 5.74) is 4.79. The van der Waals surface area contributed by atoms with Crippen molar-refractivity contribution < 1.29 is 22.6 Å². The Bertz CT molecular complexity index is 1120. The smallest absolute Gasteiger partial charge is 0.416 e. The number of hydrogen-bond donors (Lipinski definition) is 2. The number of nitrogens with one attached hydrogen (secondary N) is 2. The number of benzene rings is 2. The van der Waals surface area contributed by atoms with Gasteiger partial charge in [0.2, 0.25) is 5.72 Å². The van der Waals surface area contributed by atoms with Gasteiger partial charge in [0.05, 0.1) is 11.3 Å². The van der Waals surface area contributed by atoms with Crippen molar-refractivity contribution in [3.63, 3.8) is 0 Å². The first kappa shape index (κ1) is 21.0. The predicted molar refractivity (Wildman–Crippen MR) is 109 cm³/mol. The molecule has 0 bridgehead atoms. The van der Waals surface area contributed by atoms with Gasteiger partial charge in [-0.15, -0.1) is 0 Å². The van der Waals surface area contributed by atoms with Gasteiger partial charge in [-0.25, -0.2) is 4.98 Å². The van der Waals surface area contributed by atoms with E-state index in [1.165, 1.54) is 12.1 Å². The Morgan fingerprint density at radius 1 is 1.06 bits per heavy atom. The molecule has 0 amide bonds. The molecule has 160 valence electrons. The first-order valence-electron chi connectivity index (χ1n) is 9.09. The van der Waals surface area contributed by atoms with Crippen LogP contribution in [0.1, 0.15) is 18.1 Å². The molecule has 6 nitrogen and oxygen atoms in total. The molecule has 2 N–H and O–H groups in total. The number of nitrogens with zero attached hydrogens (tertiary/aromatic N) is 2. The second-order valence-corrected chi connectivity index (χ2v) is 7.18. The number of hydrazine groups is 1. The maximum Gasteiger partial charge on any atom is 0.416 e. The number of aromatic nitrogens is 1. The molecule has 31 heavy (non-hydrogen) atoms. The van der Waals surface area contributed by atoms with Crippen LogP contribution in [0.4, 0.5) is 18.9 Å². The van der Waals surface area contributed by atoms with Gasteiger partial charge in [-0.2, -0.15) is 23.6 Å². The molecule has 2 aromatic carbocycles. The summed E-state index contributed by atoms with van der Waals surface area (Å²) in [6, 6.07) is 15.1. The van der Waals surface area contributed by atoms with Crippen LogP contribution in [-0.4, -0.2) is 11.0 Å². The second-order valence-electron chi connectivity index (χ2n) is 6.79. The maximum atomic E-state index is 12.9. The van der Waals surface area contributed by atoms with E-state index in [9.17, 15) is 13.2 Å². The number of hydrogen-bond acceptors (Lipinski definition) is 5. The number of alkyl halides is 3. The van der Waals surface area contributed by atoms with Crippen LogP contribution in [0, 0.1) is 0 Å². The summed E-state index contributed by atoms with van der Waals surface area (Å²) in [5.74, 6) is 1.13. The number of ether oxygens (including phenoxy) is 2. The zero-order chi connectivity index (χ0) is 22.1. The average Bonchev–Trinajstić information content (AvgIpc) is 3.10. The van der Waals surface area contributed by atoms with E-state index in [0.717, 1.165) is 17.7 Å². The van der Waals surface area contributed by atoms with Crippen LogP contribution in [-0.2, 0) is 16.6 Å². The van der Waals surface area contributed by atoms with Crippen molar-refractivity contribution in [1.82, 2.24) is 15.8 Å². The lowest BCUT2D eigenvalue weighted by atomic mass is 10.1. The van der Waals surface area contributed by atoms with E-state index < -0.39 is 17.5 Å². The fourth-order valence-corrected chi connectivity index (χ4v) is 3.06. The van der Waals surface area contributed by atoms with Crippen LogP contribution in [0.3, 0.4) is 0 Å². The number of rotatable bonds is 4. The molecule has 0 spiro atoms. The summed E-state index contributed by atoms with van der Waals surface area (Å²) >= 11 is 5.85. The van der Waals surface area contributed by atoms with Crippen molar-refractivity contribution in [2.75, 3.05) is 0 Å². The first-order chi connectivity index (χ1) is 14.7. The highest BCUT2D eigenvalue weighted by molar-refractivity contribution is 6.29. The van der Waals surface area contributed by atoms with Crippen LogP contribution in [0.5, 0.6) is 11.5 Å². The fraction of sp³-hybridized carbons (Fsp3) is 0.143. The molecular weight excluding hydrogens is 433 g/mol. The van der Waals surface area contributed by atoms with Crippen molar-refractivity contribution in [1.29, 1.82) is 0 Å². The molecule has 2 heterocycles. The largest absolute Gasteiger partial charge is 0.457 e. The molecule has 1 atom stereocenters. The molecule has 1 aromatic heterocycles. The number of pyridine rings is 1. The van der Waals surface area contributed by atoms with Gasteiger partial charge in [0.25, 0.3) is 0 Å². The molecule has 1 saturated heterocycles. The van der Waals surface area contributed by atoms with Gasteiger partial charge in [-0.05, 0) is 55.5 Å². The van der Waals surface area contributed by atoms with Crippen molar-refractivity contribution in [2.24, 2.45) is 4.99 Å². The van der Waals surface area contributed by atoms with Gasteiger partial charge in [0, 0.05) is 17.8 Å². The third-order valence-electron chi connectivity index (χ3n) is 4.45. The topological polar surface area (TPSA) is 67.8 Å². The lowest BCUT2D eigenvalue weighted by molar-refractivity contribution is -0.137. The molecule has 0 aliphatic carbocycles. The Hall–Kier alpha value is -3.30. The Kier molecular flexibility index (Phi) is 5.47. The van der Waals surface area contributed by atoms with Crippen LogP contribution >= 0.6 is 11.6 Å². The molecule has 10 heteroatoms. The number of halogens is 4. The zero-order valence-electron chi connectivity index (χ0n) is 16.1. The highest BCUT2D eigenvalue weighted by Crippen LogP contribution is 2.33. The maximum absolute atomic E-state index is 12.9. The summed E-state index contributed by atoms with van der Waals surface area (Å²) in [6.45, 7) is 1.76. The van der Waals surface area contributed by atoms with Crippen molar-refractivity contribution in [2.45, 2.75) is 18.8 Å². The lowest BCUT2D eigenvalue weighted by Crippen LogP contribution is -2.39. The van der Waals surface area contributed by atoms with Gasteiger partial charge in [-0.3, -0.25) is 5.43 Å². The highest BCUT2D eigenvalue weighted by Gasteiger charge is 2.36. The summed E-state index contributed by atoms with van der Waals surface area (Å²) < 4.78 is 50.2. The van der Waals surface area contributed by atoms with Gasteiger partial charge in [-0.1, -0.05) is 17.7 Å². The van der Waals surface area contributed by atoms with Crippen LogP contribution in [0.25, 0.3) is 0 Å². The molecule has 1 aliphatic rings. The van der Waals surface area contributed by atoms with Gasteiger partial charge in [0.15, 0.2) is 0 Å². The molecular formula is C21H16ClF3N4O2. The van der Waals surface area contributed by atoms with Crippen LogP contribution in [0.15, 0.2) is 71.9 Å². The van der Waals surface area contributed by atoms with Crippen molar-refractivity contribution in [3.8, 4) is 11.5 Å². The standard InChI is InChI=1S/C21H16ClF3N4O2/c1-20(13-5-7-16(8-6-13)30-17-9-10-26-18(22)12-17)29-28-19(31-20)27-15-4-2-3-14(11-15)21(23,24)25/h2-12,29H,1H3,(H,27,28). The minimum atomic E-state index is -4.45. The second kappa shape index (κ2) is 8.09. The highest BCUT2D eigenvalue weighted by atomic mass is 35.5. The monoisotopic (exact) mass is 448 g/mol. The molecule has 1 aliphatic heterocycles. The van der Waals surface area contributed by atoms with E-state index in [1.54, 1.807) is 49.5 Å². The third-order valence-corrected chi connectivity index (χ3v) is 4.66. The average molecular weight is 449 g/mol.